The van der Waals surface area contributed by atoms with Crippen LogP contribution in [-0.2, 0) is 23.7 Å². The van der Waals surface area contributed by atoms with Crippen molar-refractivity contribution in [2.24, 2.45) is 5.73 Å². The SMILES string of the molecule is COc1ccc(C2C=C(N)ON2Cc2cc(C(F)(F)F)cc(C(F)(F)F)c2)cn1. The van der Waals surface area contributed by atoms with Crippen molar-refractivity contribution >= 4 is 0 Å². The molecule has 1 atom stereocenters. The fraction of sp³-hybridized carbons (Fsp3) is 0.278. The molecule has 2 aromatic rings. The van der Waals surface area contributed by atoms with Gasteiger partial charge >= 0.3 is 12.4 Å². The van der Waals surface area contributed by atoms with Gasteiger partial charge in [-0.25, -0.2) is 4.98 Å². The predicted octanol–water partition coefficient (Wildman–Crippen LogP) is 4.42. The van der Waals surface area contributed by atoms with Crippen LogP contribution in [-0.4, -0.2) is 17.2 Å². The molecular weight excluding hydrogens is 404 g/mol. The molecule has 0 fully saturated rings. The number of hydrogen-bond acceptors (Lipinski definition) is 5. The molecule has 0 spiro atoms. The van der Waals surface area contributed by atoms with E-state index in [1.807, 2.05) is 0 Å². The molecule has 11 heteroatoms. The lowest BCUT2D eigenvalue weighted by Gasteiger charge is -2.24. The van der Waals surface area contributed by atoms with Gasteiger partial charge in [-0.3, -0.25) is 0 Å². The van der Waals surface area contributed by atoms with Crippen molar-refractivity contribution in [2.45, 2.75) is 24.9 Å². The smallest absolute Gasteiger partial charge is 0.416 e. The van der Waals surface area contributed by atoms with E-state index in [1.165, 1.54) is 24.4 Å². The first kappa shape index (κ1) is 20.8. The number of hydrogen-bond donors (Lipinski definition) is 1. The number of halogens is 6. The second kappa shape index (κ2) is 7.47. The Hall–Kier alpha value is -2.95. The van der Waals surface area contributed by atoms with E-state index in [0.29, 0.717) is 23.6 Å². The van der Waals surface area contributed by atoms with Gasteiger partial charge in [0.1, 0.15) is 0 Å². The lowest BCUT2D eigenvalue weighted by molar-refractivity contribution is -0.144. The largest absolute Gasteiger partial charge is 0.481 e. The minimum atomic E-state index is -4.93. The van der Waals surface area contributed by atoms with Gasteiger partial charge in [0.15, 0.2) is 0 Å². The van der Waals surface area contributed by atoms with E-state index < -0.39 is 29.5 Å². The number of pyridine rings is 1. The van der Waals surface area contributed by atoms with Gasteiger partial charge in [-0.2, -0.15) is 26.3 Å². The van der Waals surface area contributed by atoms with Gasteiger partial charge in [0, 0.05) is 18.3 Å². The number of nitrogens with zero attached hydrogens (tertiary/aromatic N) is 2. The van der Waals surface area contributed by atoms with Crippen molar-refractivity contribution in [2.75, 3.05) is 7.11 Å². The van der Waals surface area contributed by atoms with Crippen molar-refractivity contribution in [1.82, 2.24) is 10.0 Å². The summed E-state index contributed by atoms with van der Waals surface area (Å²) in [7, 11) is 1.43. The van der Waals surface area contributed by atoms with Crippen LogP contribution >= 0.6 is 0 Å². The molecule has 1 aliphatic rings. The van der Waals surface area contributed by atoms with E-state index in [9.17, 15) is 26.3 Å². The maximum atomic E-state index is 13.1. The third-order valence-corrected chi connectivity index (χ3v) is 4.15. The van der Waals surface area contributed by atoms with E-state index in [0.717, 1.165) is 0 Å². The van der Waals surface area contributed by atoms with Gasteiger partial charge in [0.05, 0.1) is 30.8 Å². The zero-order chi connectivity index (χ0) is 21.4. The van der Waals surface area contributed by atoms with Crippen LogP contribution in [0.1, 0.15) is 28.3 Å². The molecule has 1 aliphatic heterocycles. The van der Waals surface area contributed by atoms with Gasteiger partial charge < -0.3 is 15.3 Å². The van der Waals surface area contributed by atoms with E-state index in [-0.39, 0.29) is 24.1 Å². The third kappa shape index (κ3) is 4.73. The summed E-state index contributed by atoms with van der Waals surface area (Å²) in [5.41, 5.74) is 3.19. The fourth-order valence-corrected chi connectivity index (χ4v) is 2.83. The standard InChI is InChI=1S/C18H15F6N3O2/c1-28-16-3-2-11(8-26-16)14-7-15(25)29-27(14)9-10-4-12(17(19,20)21)6-13(5-10)18(22,23)24/h2-8,14H,9,25H2,1H3. The summed E-state index contributed by atoms with van der Waals surface area (Å²) in [5, 5.41) is 1.18. The van der Waals surface area contributed by atoms with Crippen LogP contribution in [0.3, 0.4) is 0 Å². The number of alkyl halides is 6. The second-order valence-corrected chi connectivity index (χ2v) is 6.23. The van der Waals surface area contributed by atoms with Crippen LogP contribution in [0.4, 0.5) is 26.3 Å². The normalized spacial score (nSPS) is 17.8. The number of hydroxylamine groups is 2. The Morgan fingerprint density at radius 1 is 1.07 bits per heavy atom. The lowest BCUT2D eigenvalue weighted by atomic mass is 10.0. The number of ether oxygens (including phenoxy) is 1. The molecule has 1 aromatic heterocycles. The number of benzene rings is 1. The monoisotopic (exact) mass is 419 g/mol. The number of nitrogens with two attached hydrogens (primary N) is 1. The summed E-state index contributed by atoms with van der Waals surface area (Å²) in [4.78, 5) is 9.32. The molecular formula is C18H15F6N3O2. The molecule has 2 heterocycles. The zero-order valence-electron chi connectivity index (χ0n) is 14.9. The average Bonchev–Trinajstić information content (AvgIpc) is 3.00. The van der Waals surface area contributed by atoms with Crippen LogP contribution in [0.5, 0.6) is 5.88 Å². The highest BCUT2D eigenvalue weighted by molar-refractivity contribution is 5.34. The Balaban J connectivity index is 1.93. The summed E-state index contributed by atoms with van der Waals surface area (Å²) < 4.78 is 83.3. The molecule has 1 aromatic carbocycles. The van der Waals surface area contributed by atoms with Crippen molar-refractivity contribution in [3.05, 3.63) is 70.7 Å². The van der Waals surface area contributed by atoms with Gasteiger partial charge in [-0.1, -0.05) is 6.07 Å². The van der Waals surface area contributed by atoms with Crippen LogP contribution in [0, 0.1) is 0 Å². The first-order chi connectivity index (χ1) is 13.5. The van der Waals surface area contributed by atoms with Crippen LogP contribution < -0.4 is 10.5 Å². The van der Waals surface area contributed by atoms with E-state index >= 15 is 0 Å². The molecule has 0 saturated carbocycles. The Labute approximate surface area is 161 Å². The van der Waals surface area contributed by atoms with E-state index in [1.54, 1.807) is 12.1 Å². The Bertz CT molecular complexity index is 877. The molecule has 0 amide bonds. The molecule has 2 N–H and O–H groups in total. The maximum Gasteiger partial charge on any atom is 0.416 e. The highest BCUT2D eigenvalue weighted by Crippen LogP contribution is 2.38. The Kier molecular flexibility index (Phi) is 5.35. The van der Waals surface area contributed by atoms with Gasteiger partial charge in [0.25, 0.3) is 0 Å². The first-order valence-corrected chi connectivity index (χ1v) is 8.17. The minimum Gasteiger partial charge on any atom is -0.481 e. The number of methoxy groups -OCH3 is 1. The molecule has 0 saturated heterocycles. The summed E-state index contributed by atoms with van der Waals surface area (Å²) in [6, 6.07) is 3.91. The van der Waals surface area contributed by atoms with Crippen molar-refractivity contribution < 1.29 is 35.9 Å². The van der Waals surface area contributed by atoms with Crippen molar-refractivity contribution in [1.29, 1.82) is 0 Å². The van der Waals surface area contributed by atoms with Crippen molar-refractivity contribution in [3.63, 3.8) is 0 Å². The van der Waals surface area contributed by atoms with Crippen LogP contribution in [0.2, 0.25) is 0 Å². The topological polar surface area (TPSA) is 60.6 Å². The lowest BCUT2D eigenvalue weighted by Crippen LogP contribution is -2.24. The third-order valence-electron chi connectivity index (χ3n) is 4.15. The first-order valence-electron chi connectivity index (χ1n) is 8.17. The van der Waals surface area contributed by atoms with Gasteiger partial charge in [0.2, 0.25) is 11.8 Å². The maximum absolute atomic E-state index is 13.1. The highest BCUT2D eigenvalue weighted by Gasteiger charge is 2.37. The molecule has 0 aliphatic carbocycles. The molecule has 29 heavy (non-hydrogen) atoms. The fourth-order valence-electron chi connectivity index (χ4n) is 2.83. The summed E-state index contributed by atoms with van der Waals surface area (Å²) in [5.74, 6) is 0.303. The summed E-state index contributed by atoms with van der Waals surface area (Å²) in [6.07, 6.45) is -6.94. The molecule has 0 bridgehead atoms. The second-order valence-electron chi connectivity index (χ2n) is 6.23. The minimum absolute atomic E-state index is 0.0335. The molecule has 1 unspecified atom stereocenters. The summed E-state index contributed by atoms with van der Waals surface area (Å²) in [6.45, 7) is -0.374. The Morgan fingerprint density at radius 3 is 2.17 bits per heavy atom. The quantitative estimate of drug-likeness (QED) is 0.744. The molecule has 5 nitrogen and oxygen atoms in total. The number of aromatic nitrogens is 1. The molecule has 156 valence electrons. The molecule has 0 radical (unpaired) electrons. The average molecular weight is 419 g/mol. The Morgan fingerprint density at radius 2 is 1.69 bits per heavy atom. The summed E-state index contributed by atoms with van der Waals surface area (Å²) >= 11 is 0. The van der Waals surface area contributed by atoms with Crippen LogP contribution in [0.25, 0.3) is 0 Å². The highest BCUT2D eigenvalue weighted by atomic mass is 19.4. The number of rotatable bonds is 4. The molecule has 3 rings (SSSR count). The zero-order valence-corrected chi connectivity index (χ0v) is 14.9. The van der Waals surface area contributed by atoms with E-state index in [2.05, 4.69) is 4.98 Å². The predicted molar refractivity (Wildman–Crippen MR) is 88.9 cm³/mol. The van der Waals surface area contributed by atoms with Gasteiger partial charge in [-0.05, 0) is 29.3 Å². The van der Waals surface area contributed by atoms with Crippen LogP contribution in [0.15, 0.2) is 48.5 Å². The van der Waals surface area contributed by atoms with E-state index in [4.69, 9.17) is 15.3 Å². The van der Waals surface area contributed by atoms with Crippen molar-refractivity contribution in [3.8, 4) is 5.88 Å². The van der Waals surface area contributed by atoms with Gasteiger partial charge in [-0.15, -0.1) is 5.06 Å².